The molecule has 4 heteroatoms. The Labute approximate surface area is 110 Å². The second-order valence-corrected chi connectivity index (χ2v) is 6.28. The summed E-state index contributed by atoms with van der Waals surface area (Å²) >= 11 is 0. The van der Waals surface area contributed by atoms with E-state index in [1.54, 1.807) is 6.92 Å². The largest absolute Gasteiger partial charge is 0.481 e. The molecule has 4 nitrogen and oxygen atoms in total. The topological polar surface area (TPSA) is 69.6 Å². The van der Waals surface area contributed by atoms with E-state index in [1.165, 1.54) is 0 Å². The maximum Gasteiger partial charge on any atom is 0.307 e. The van der Waals surface area contributed by atoms with Gasteiger partial charge < -0.3 is 15.5 Å². The van der Waals surface area contributed by atoms with Gasteiger partial charge in [-0.15, -0.1) is 0 Å². The zero-order valence-corrected chi connectivity index (χ0v) is 11.9. The van der Waals surface area contributed by atoms with Crippen LogP contribution < -0.4 is 5.32 Å². The van der Waals surface area contributed by atoms with Gasteiger partial charge >= 0.3 is 5.97 Å². The van der Waals surface area contributed by atoms with E-state index in [0.29, 0.717) is 12.0 Å². The Kier molecular flexibility index (Phi) is 5.17. The number of rotatable bonds is 5. The molecule has 0 aromatic heterocycles. The van der Waals surface area contributed by atoms with Crippen LogP contribution in [0.3, 0.4) is 0 Å². The number of hydrogen-bond donors (Lipinski definition) is 3. The first-order chi connectivity index (χ1) is 8.26. The molecule has 0 heterocycles. The molecular weight excluding hydrogens is 230 g/mol. The van der Waals surface area contributed by atoms with Gasteiger partial charge in [0.25, 0.3) is 0 Å². The molecule has 106 valence electrons. The third-order valence-electron chi connectivity index (χ3n) is 4.71. The fourth-order valence-electron chi connectivity index (χ4n) is 3.00. The molecule has 0 bridgehead atoms. The van der Waals surface area contributed by atoms with E-state index >= 15 is 0 Å². The van der Waals surface area contributed by atoms with Crippen LogP contribution in [0.2, 0.25) is 0 Å². The van der Waals surface area contributed by atoms with Crippen molar-refractivity contribution in [2.45, 2.75) is 59.1 Å². The molecule has 0 amide bonds. The van der Waals surface area contributed by atoms with Crippen LogP contribution in [0, 0.1) is 17.3 Å². The van der Waals surface area contributed by atoms with E-state index in [0.717, 1.165) is 25.8 Å². The highest BCUT2D eigenvalue weighted by atomic mass is 16.4. The van der Waals surface area contributed by atoms with Crippen molar-refractivity contribution < 1.29 is 15.0 Å². The predicted octanol–water partition coefficient (Wildman–Crippen LogP) is 1.87. The molecule has 1 fully saturated rings. The number of carboxylic acids is 1. The standard InChI is InChI=1S/C14H27NO3/c1-9(16)7-8-15-12-6-5-11(13(17)18)14(3,4)10(12)2/h9-12,15-16H,5-8H2,1-4H3,(H,17,18). The molecule has 1 aliphatic carbocycles. The summed E-state index contributed by atoms with van der Waals surface area (Å²) in [5, 5.41) is 22.0. The highest BCUT2D eigenvalue weighted by Gasteiger charge is 2.45. The average Bonchev–Trinajstić information content (AvgIpc) is 2.23. The number of aliphatic carboxylic acids is 1. The second-order valence-electron chi connectivity index (χ2n) is 6.28. The Balaban J connectivity index is 2.58. The van der Waals surface area contributed by atoms with Gasteiger partial charge in [-0.05, 0) is 44.1 Å². The van der Waals surface area contributed by atoms with Crippen molar-refractivity contribution in [2.24, 2.45) is 17.3 Å². The lowest BCUT2D eigenvalue weighted by Gasteiger charge is -2.46. The zero-order chi connectivity index (χ0) is 13.9. The number of carbonyl (C=O) groups is 1. The summed E-state index contributed by atoms with van der Waals surface area (Å²) in [4.78, 5) is 11.3. The van der Waals surface area contributed by atoms with Crippen LogP contribution in [-0.4, -0.2) is 34.9 Å². The summed E-state index contributed by atoms with van der Waals surface area (Å²) in [7, 11) is 0. The van der Waals surface area contributed by atoms with E-state index in [2.05, 4.69) is 26.1 Å². The highest BCUT2D eigenvalue weighted by molar-refractivity contribution is 5.71. The minimum Gasteiger partial charge on any atom is -0.481 e. The summed E-state index contributed by atoms with van der Waals surface area (Å²) in [6, 6.07) is 0.356. The van der Waals surface area contributed by atoms with Crippen molar-refractivity contribution >= 4 is 5.97 Å². The molecule has 0 aromatic rings. The second kappa shape index (κ2) is 6.02. The van der Waals surface area contributed by atoms with Crippen molar-refractivity contribution in [3.8, 4) is 0 Å². The third-order valence-corrected chi connectivity index (χ3v) is 4.71. The number of nitrogens with one attached hydrogen (secondary N) is 1. The molecule has 18 heavy (non-hydrogen) atoms. The lowest BCUT2D eigenvalue weighted by atomic mass is 9.61. The first-order valence-corrected chi connectivity index (χ1v) is 6.91. The Morgan fingerprint density at radius 3 is 2.56 bits per heavy atom. The van der Waals surface area contributed by atoms with Crippen LogP contribution in [0.4, 0.5) is 0 Å². The van der Waals surface area contributed by atoms with Gasteiger partial charge in [0.1, 0.15) is 0 Å². The molecule has 0 aliphatic heterocycles. The van der Waals surface area contributed by atoms with Gasteiger partial charge in [0, 0.05) is 6.04 Å². The van der Waals surface area contributed by atoms with E-state index in [1.807, 2.05) is 0 Å². The summed E-state index contributed by atoms with van der Waals surface area (Å²) in [5.41, 5.74) is -0.188. The molecule has 0 spiro atoms. The number of aliphatic hydroxyl groups is 1. The number of hydrogen-bond acceptors (Lipinski definition) is 3. The van der Waals surface area contributed by atoms with Crippen molar-refractivity contribution in [3.63, 3.8) is 0 Å². The van der Waals surface area contributed by atoms with Gasteiger partial charge in [-0.3, -0.25) is 4.79 Å². The molecule has 4 atom stereocenters. The Bertz CT molecular complexity index is 289. The molecular formula is C14H27NO3. The maximum absolute atomic E-state index is 11.3. The minimum absolute atomic E-state index is 0.188. The third kappa shape index (κ3) is 3.45. The number of carboxylic acid groups (broad SMARTS) is 1. The van der Waals surface area contributed by atoms with Gasteiger partial charge in [-0.1, -0.05) is 20.8 Å². The fourth-order valence-corrected chi connectivity index (χ4v) is 3.00. The smallest absolute Gasteiger partial charge is 0.307 e. The normalized spacial score (nSPS) is 33.1. The van der Waals surface area contributed by atoms with E-state index in [4.69, 9.17) is 0 Å². The minimum atomic E-state index is -0.672. The predicted molar refractivity (Wildman–Crippen MR) is 71.4 cm³/mol. The van der Waals surface area contributed by atoms with Crippen molar-refractivity contribution in [3.05, 3.63) is 0 Å². The summed E-state index contributed by atoms with van der Waals surface area (Å²) < 4.78 is 0. The van der Waals surface area contributed by atoms with E-state index < -0.39 is 5.97 Å². The quantitative estimate of drug-likeness (QED) is 0.703. The van der Waals surface area contributed by atoms with Gasteiger partial charge in [0.05, 0.1) is 12.0 Å². The van der Waals surface area contributed by atoms with Crippen LogP contribution in [-0.2, 0) is 4.79 Å². The van der Waals surface area contributed by atoms with Crippen molar-refractivity contribution in [1.82, 2.24) is 5.32 Å². The highest BCUT2D eigenvalue weighted by Crippen LogP contribution is 2.45. The monoisotopic (exact) mass is 257 g/mol. The molecule has 3 N–H and O–H groups in total. The lowest BCUT2D eigenvalue weighted by molar-refractivity contribution is -0.150. The Hall–Kier alpha value is -0.610. The number of aliphatic hydroxyl groups excluding tert-OH is 1. The maximum atomic E-state index is 11.3. The van der Waals surface area contributed by atoms with Crippen LogP contribution in [0.25, 0.3) is 0 Å². The Morgan fingerprint density at radius 2 is 2.06 bits per heavy atom. The average molecular weight is 257 g/mol. The van der Waals surface area contributed by atoms with Gasteiger partial charge in [0.15, 0.2) is 0 Å². The van der Waals surface area contributed by atoms with Crippen LogP contribution >= 0.6 is 0 Å². The summed E-state index contributed by atoms with van der Waals surface area (Å²) in [6.07, 6.45) is 2.10. The summed E-state index contributed by atoms with van der Waals surface area (Å²) in [5.74, 6) is -0.599. The fraction of sp³-hybridized carbons (Fsp3) is 0.929. The van der Waals surface area contributed by atoms with Crippen LogP contribution in [0.1, 0.15) is 47.0 Å². The molecule has 0 saturated heterocycles. The molecule has 1 rings (SSSR count). The first-order valence-electron chi connectivity index (χ1n) is 6.91. The lowest BCUT2D eigenvalue weighted by Crippen LogP contribution is -2.51. The molecule has 0 aromatic carbocycles. The zero-order valence-electron chi connectivity index (χ0n) is 11.9. The molecule has 4 unspecified atom stereocenters. The van der Waals surface area contributed by atoms with Crippen LogP contribution in [0.5, 0.6) is 0 Å². The van der Waals surface area contributed by atoms with Gasteiger partial charge in [-0.2, -0.15) is 0 Å². The van der Waals surface area contributed by atoms with E-state index in [9.17, 15) is 15.0 Å². The summed E-state index contributed by atoms with van der Waals surface area (Å²) in [6.45, 7) is 8.82. The van der Waals surface area contributed by atoms with Crippen molar-refractivity contribution in [1.29, 1.82) is 0 Å². The van der Waals surface area contributed by atoms with Gasteiger partial charge in [0.2, 0.25) is 0 Å². The molecule has 1 saturated carbocycles. The van der Waals surface area contributed by atoms with Crippen molar-refractivity contribution in [2.75, 3.05) is 6.54 Å². The Morgan fingerprint density at radius 1 is 1.44 bits per heavy atom. The van der Waals surface area contributed by atoms with E-state index in [-0.39, 0.29) is 17.4 Å². The van der Waals surface area contributed by atoms with Crippen LogP contribution in [0.15, 0.2) is 0 Å². The van der Waals surface area contributed by atoms with Gasteiger partial charge in [-0.25, -0.2) is 0 Å². The molecule has 1 aliphatic rings. The first kappa shape index (κ1) is 15.4. The molecule has 0 radical (unpaired) electrons. The SMILES string of the molecule is CC(O)CCNC1CCC(C(=O)O)C(C)(C)C1C.